The van der Waals surface area contributed by atoms with Crippen LogP contribution in [0.25, 0.3) is 17.0 Å². The van der Waals surface area contributed by atoms with Crippen molar-refractivity contribution < 1.29 is 9.53 Å². The summed E-state index contributed by atoms with van der Waals surface area (Å²) in [6.45, 7) is 6.48. The predicted molar refractivity (Wildman–Crippen MR) is 110 cm³/mol. The van der Waals surface area contributed by atoms with Gasteiger partial charge in [-0.05, 0) is 54.8 Å². The highest BCUT2D eigenvalue weighted by molar-refractivity contribution is 6.31. The highest BCUT2D eigenvalue weighted by atomic mass is 35.5. The maximum atomic E-state index is 13.0. The van der Waals surface area contributed by atoms with Crippen molar-refractivity contribution in [1.82, 2.24) is 4.98 Å². The lowest BCUT2D eigenvalue weighted by molar-refractivity contribution is 0.100. The molecule has 0 saturated heterocycles. The summed E-state index contributed by atoms with van der Waals surface area (Å²) in [4.78, 5) is 17.5. The summed E-state index contributed by atoms with van der Waals surface area (Å²) in [6.07, 6.45) is 1.80. The van der Waals surface area contributed by atoms with E-state index >= 15 is 0 Å². The van der Waals surface area contributed by atoms with Gasteiger partial charge < -0.3 is 4.74 Å². The highest BCUT2D eigenvalue weighted by Gasteiger charge is 2.24. The first-order chi connectivity index (χ1) is 12.9. The first-order valence-corrected chi connectivity index (χ1v) is 9.39. The van der Waals surface area contributed by atoms with Crippen LogP contribution >= 0.6 is 11.6 Å². The fourth-order valence-corrected chi connectivity index (χ4v) is 3.49. The lowest BCUT2D eigenvalue weighted by atomic mass is 9.93. The van der Waals surface area contributed by atoms with Gasteiger partial charge in [0.2, 0.25) is 0 Å². The van der Waals surface area contributed by atoms with Crippen molar-refractivity contribution in [3.63, 3.8) is 0 Å². The van der Waals surface area contributed by atoms with Crippen molar-refractivity contribution in [3.8, 4) is 5.75 Å². The molecular formula is C23H20ClNO2. The van der Waals surface area contributed by atoms with E-state index in [1.807, 2.05) is 43.3 Å². The molecule has 3 nitrogen and oxygen atoms in total. The molecule has 0 amide bonds. The molecule has 1 aromatic heterocycles. The lowest BCUT2D eigenvalue weighted by Crippen LogP contribution is -2.19. The summed E-state index contributed by atoms with van der Waals surface area (Å²) < 4.78 is 5.81. The number of benzene rings is 2. The van der Waals surface area contributed by atoms with Crippen LogP contribution in [0.5, 0.6) is 5.75 Å². The van der Waals surface area contributed by atoms with E-state index in [0.717, 1.165) is 27.6 Å². The van der Waals surface area contributed by atoms with Gasteiger partial charge >= 0.3 is 0 Å². The quantitative estimate of drug-likeness (QED) is 0.407. The standard InChI is InChI=1S/C23H20ClNO2/c1-13(2)15-5-7-21-19(11-15)22(26)18(12-27-21)10-17-9-16-8-14(3)4-6-20(16)25-23(17)24/h4-11,13H,12H2,1-3H3/b18-10+. The van der Waals surface area contributed by atoms with Crippen LogP contribution in [0, 0.1) is 6.92 Å². The van der Waals surface area contributed by atoms with E-state index in [1.165, 1.54) is 0 Å². The molecular weight excluding hydrogens is 358 g/mol. The van der Waals surface area contributed by atoms with Crippen LogP contribution in [0.3, 0.4) is 0 Å². The van der Waals surface area contributed by atoms with Crippen molar-refractivity contribution >= 4 is 34.4 Å². The zero-order valence-corrected chi connectivity index (χ0v) is 16.3. The van der Waals surface area contributed by atoms with Crippen LogP contribution < -0.4 is 4.74 Å². The molecule has 0 unspecified atom stereocenters. The maximum absolute atomic E-state index is 13.0. The second-order valence-corrected chi connectivity index (χ2v) is 7.62. The topological polar surface area (TPSA) is 39.2 Å². The van der Waals surface area contributed by atoms with Gasteiger partial charge in [0.1, 0.15) is 17.5 Å². The van der Waals surface area contributed by atoms with E-state index < -0.39 is 0 Å². The van der Waals surface area contributed by atoms with Crippen molar-refractivity contribution in [2.24, 2.45) is 0 Å². The van der Waals surface area contributed by atoms with Gasteiger partial charge in [-0.1, -0.05) is 43.1 Å². The molecule has 0 aliphatic carbocycles. The van der Waals surface area contributed by atoms with Crippen molar-refractivity contribution in [2.75, 3.05) is 6.61 Å². The van der Waals surface area contributed by atoms with Gasteiger partial charge in [0, 0.05) is 16.5 Å². The SMILES string of the molecule is Cc1ccc2nc(Cl)c(/C=C3\COc4ccc(C(C)C)cc4C3=O)cc2c1. The summed E-state index contributed by atoms with van der Waals surface area (Å²) >= 11 is 6.37. The molecule has 2 aromatic carbocycles. The summed E-state index contributed by atoms with van der Waals surface area (Å²) in [5.41, 5.74) is 5.03. The Bertz CT molecular complexity index is 1100. The molecule has 1 aliphatic heterocycles. The van der Waals surface area contributed by atoms with Crippen molar-refractivity contribution in [1.29, 1.82) is 0 Å². The average molecular weight is 378 g/mol. The molecule has 0 radical (unpaired) electrons. The average Bonchev–Trinajstić information content (AvgIpc) is 2.64. The van der Waals surface area contributed by atoms with Crippen LogP contribution in [0.2, 0.25) is 5.15 Å². The number of carbonyl (C=O) groups is 1. The Morgan fingerprint density at radius 2 is 1.96 bits per heavy atom. The number of nitrogens with zero attached hydrogens (tertiary/aromatic N) is 1. The molecule has 4 rings (SSSR count). The van der Waals surface area contributed by atoms with Gasteiger partial charge in [0.25, 0.3) is 0 Å². The van der Waals surface area contributed by atoms with Gasteiger partial charge in [0.15, 0.2) is 5.78 Å². The number of Topliss-reactive ketones (excluding diaryl/α,β-unsaturated/α-hetero) is 1. The smallest absolute Gasteiger partial charge is 0.196 e. The van der Waals surface area contributed by atoms with Crippen molar-refractivity contribution in [2.45, 2.75) is 26.7 Å². The third-order valence-corrected chi connectivity index (χ3v) is 5.17. The first-order valence-electron chi connectivity index (χ1n) is 9.01. The van der Waals surface area contributed by atoms with Crippen LogP contribution in [0.4, 0.5) is 0 Å². The number of pyridine rings is 1. The molecule has 0 N–H and O–H groups in total. The Labute approximate surface area is 163 Å². The molecule has 2 heterocycles. The van der Waals surface area contributed by atoms with E-state index in [2.05, 4.69) is 24.9 Å². The summed E-state index contributed by atoms with van der Waals surface area (Å²) in [5, 5.41) is 1.38. The zero-order chi connectivity index (χ0) is 19.1. The van der Waals surface area contributed by atoms with Gasteiger partial charge in [0.05, 0.1) is 11.1 Å². The first kappa shape index (κ1) is 17.7. The number of aromatic nitrogens is 1. The molecule has 0 saturated carbocycles. The Balaban J connectivity index is 1.77. The monoisotopic (exact) mass is 377 g/mol. The van der Waals surface area contributed by atoms with E-state index in [4.69, 9.17) is 16.3 Å². The Morgan fingerprint density at radius 3 is 2.74 bits per heavy atom. The fraction of sp³-hybridized carbons (Fsp3) is 0.217. The number of hydrogen-bond donors (Lipinski definition) is 0. The van der Waals surface area contributed by atoms with Crippen LogP contribution in [0.15, 0.2) is 48.0 Å². The molecule has 0 spiro atoms. The number of halogens is 1. The molecule has 27 heavy (non-hydrogen) atoms. The minimum absolute atomic E-state index is 0.0147. The second kappa shape index (κ2) is 6.82. The third kappa shape index (κ3) is 3.35. The molecule has 3 aromatic rings. The molecule has 4 heteroatoms. The zero-order valence-electron chi connectivity index (χ0n) is 15.5. The maximum Gasteiger partial charge on any atom is 0.196 e. The Morgan fingerprint density at radius 1 is 1.15 bits per heavy atom. The van der Waals surface area contributed by atoms with E-state index in [9.17, 15) is 4.79 Å². The van der Waals surface area contributed by atoms with Crippen molar-refractivity contribution in [3.05, 3.63) is 75.4 Å². The molecule has 0 bridgehead atoms. The summed E-state index contributed by atoms with van der Waals surface area (Å²) in [6, 6.07) is 13.8. The molecule has 0 fully saturated rings. The van der Waals surface area contributed by atoms with E-state index in [0.29, 0.717) is 28.0 Å². The third-order valence-electron chi connectivity index (χ3n) is 4.87. The van der Waals surface area contributed by atoms with Crippen LogP contribution in [-0.2, 0) is 0 Å². The Hall–Kier alpha value is -2.65. The lowest BCUT2D eigenvalue weighted by Gasteiger charge is -2.20. The summed E-state index contributed by atoms with van der Waals surface area (Å²) in [5.74, 6) is 0.971. The second-order valence-electron chi connectivity index (χ2n) is 7.26. The van der Waals surface area contributed by atoms with Crippen LogP contribution in [-0.4, -0.2) is 17.4 Å². The van der Waals surface area contributed by atoms with Gasteiger partial charge in [-0.3, -0.25) is 4.79 Å². The number of carbonyl (C=O) groups excluding carboxylic acids is 1. The largest absolute Gasteiger partial charge is 0.488 e. The number of aryl methyl sites for hydroxylation is 1. The number of ether oxygens (including phenoxy) is 1. The number of hydrogen-bond acceptors (Lipinski definition) is 3. The number of ketones is 1. The minimum Gasteiger partial charge on any atom is -0.488 e. The van der Waals surface area contributed by atoms with E-state index in [1.54, 1.807) is 6.08 Å². The summed E-state index contributed by atoms with van der Waals surface area (Å²) in [7, 11) is 0. The molecule has 0 atom stereocenters. The van der Waals surface area contributed by atoms with Gasteiger partial charge in [-0.2, -0.15) is 0 Å². The predicted octanol–water partition coefficient (Wildman–Crippen LogP) is 5.98. The van der Waals surface area contributed by atoms with Gasteiger partial charge in [-0.15, -0.1) is 0 Å². The van der Waals surface area contributed by atoms with E-state index in [-0.39, 0.29) is 12.4 Å². The minimum atomic E-state index is -0.0147. The van der Waals surface area contributed by atoms with Gasteiger partial charge in [-0.25, -0.2) is 4.98 Å². The van der Waals surface area contributed by atoms with Crippen LogP contribution in [0.1, 0.15) is 46.8 Å². The number of fused-ring (bicyclic) bond motifs is 2. The highest BCUT2D eigenvalue weighted by Crippen LogP contribution is 2.32. The molecule has 136 valence electrons. The normalized spacial score (nSPS) is 15.3. The molecule has 1 aliphatic rings. The fourth-order valence-electron chi connectivity index (χ4n) is 3.29. The number of rotatable bonds is 2. The Kier molecular flexibility index (Phi) is 4.48.